The lowest BCUT2D eigenvalue weighted by Crippen LogP contribution is -2.43. The number of hydrogen-bond acceptors (Lipinski definition) is 5. The summed E-state index contributed by atoms with van der Waals surface area (Å²) in [5, 5.41) is 5.96. The van der Waals surface area contributed by atoms with Gasteiger partial charge in [0, 0.05) is 16.2 Å². The molecule has 11 heteroatoms. The SMILES string of the molecule is Cc1cc(F)c(F)c(OCC(=O)C(CCCCN)NC(=O)c2cccc(N=[N+]=[N-])c2)c1F. The summed E-state index contributed by atoms with van der Waals surface area (Å²) in [6, 6.07) is 5.44. The average Bonchev–Trinajstić information content (AvgIpc) is 2.77. The number of carbonyl (C=O) groups excluding carboxylic acids is 2. The van der Waals surface area contributed by atoms with Crippen LogP contribution in [0, 0.1) is 24.4 Å². The number of hydrogen-bond donors (Lipinski definition) is 2. The van der Waals surface area contributed by atoms with Crippen molar-refractivity contribution < 1.29 is 27.5 Å². The van der Waals surface area contributed by atoms with Crippen molar-refractivity contribution in [3.8, 4) is 5.75 Å². The molecule has 0 aliphatic rings. The number of nitrogens with zero attached hydrogens (tertiary/aromatic N) is 3. The maximum atomic E-state index is 14.1. The highest BCUT2D eigenvalue weighted by Crippen LogP contribution is 2.27. The molecule has 170 valence electrons. The van der Waals surface area contributed by atoms with Crippen molar-refractivity contribution in [2.24, 2.45) is 10.8 Å². The van der Waals surface area contributed by atoms with E-state index in [1.165, 1.54) is 31.2 Å². The number of nitrogens with one attached hydrogen (secondary N) is 1. The lowest BCUT2D eigenvalue weighted by Gasteiger charge is -2.19. The third kappa shape index (κ3) is 6.47. The first-order chi connectivity index (χ1) is 15.3. The van der Waals surface area contributed by atoms with Crippen LogP contribution in [0.5, 0.6) is 5.75 Å². The van der Waals surface area contributed by atoms with Crippen LogP contribution < -0.4 is 15.8 Å². The molecular formula is C21H22F3N5O3. The van der Waals surface area contributed by atoms with E-state index in [1.54, 1.807) is 0 Å². The molecule has 2 rings (SSSR count). The Hall–Kier alpha value is -3.56. The zero-order valence-electron chi connectivity index (χ0n) is 17.3. The molecule has 0 aliphatic carbocycles. The second kappa shape index (κ2) is 11.7. The number of ketones is 1. The highest BCUT2D eigenvalue weighted by molar-refractivity contribution is 5.98. The Morgan fingerprint density at radius 2 is 1.97 bits per heavy atom. The number of nitrogens with two attached hydrogens (primary N) is 1. The standard InChI is InChI=1S/C21H22F3N5O3/c1-12-9-15(22)19(24)20(18(12)23)32-11-17(30)16(7-2-3-8-25)27-21(31)13-5-4-6-14(10-13)28-29-26/h4-6,9-10,16H,2-3,7-8,11,25H2,1H3,(H,27,31). The van der Waals surface area contributed by atoms with E-state index in [0.717, 1.165) is 0 Å². The monoisotopic (exact) mass is 449 g/mol. The van der Waals surface area contributed by atoms with Crippen molar-refractivity contribution in [2.45, 2.75) is 32.2 Å². The predicted octanol–water partition coefficient (Wildman–Crippen LogP) is 4.23. The van der Waals surface area contributed by atoms with Crippen LogP contribution in [0.1, 0.15) is 35.2 Å². The first kappa shape index (κ1) is 24.7. The molecular weight excluding hydrogens is 427 g/mol. The number of Topliss-reactive ketones (excluding diaryl/α,β-unsaturated/α-hetero) is 1. The van der Waals surface area contributed by atoms with Gasteiger partial charge in [0.2, 0.25) is 5.82 Å². The molecule has 0 saturated heterocycles. The summed E-state index contributed by atoms with van der Waals surface area (Å²) < 4.78 is 46.5. The molecule has 0 bridgehead atoms. The van der Waals surface area contributed by atoms with E-state index in [1.807, 2.05) is 0 Å². The van der Waals surface area contributed by atoms with E-state index in [9.17, 15) is 22.8 Å². The minimum atomic E-state index is -1.54. The van der Waals surface area contributed by atoms with Crippen LogP contribution in [-0.4, -0.2) is 30.9 Å². The molecule has 2 aromatic rings. The van der Waals surface area contributed by atoms with Gasteiger partial charge in [-0.3, -0.25) is 9.59 Å². The van der Waals surface area contributed by atoms with Gasteiger partial charge in [0.15, 0.2) is 23.2 Å². The minimum absolute atomic E-state index is 0.144. The quantitative estimate of drug-likeness (QED) is 0.175. The first-order valence-corrected chi connectivity index (χ1v) is 9.74. The number of aryl methyl sites for hydroxylation is 1. The second-order valence-corrected chi connectivity index (χ2v) is 6.94. The van der Waals surface area contributed by atoms with Gasteiger partial charge in [0.25, 0.3) is 5.91 Å². The third-order valence-electron chi connectivity index (χ3n) is 4.57. The number of azide groups is 1. The number of amides is 1. The van der Waals surface area contributed by atoms with Crippen LogP contribution in [0.2, 0.25) is 0 Å². The van der Waals surface area contributed by atoms with Crippen molar-refractivity contribution in [3.05, 3.63) is 69.4 Å². The smallest absolute Gasteiger partial charge is 0.251 e. The Labute approximate surface area is 182 Å². The zero-order chi connectivity index (χ0) is 23.7. The van der Waals surface area contributed by atoms with Gasteiger partial charge in [0.1, 0.15) is 6.61 Å². The van der Waals surface area contributed by atoms with Gasteiger partial charge >= 0.3 is 0 Å². The fourth-order valence-corrected chi connectivity index (χ4v) is 2.88. The van der Waals surface area contributed by atoms with Crippen LogP contribution in [0.4, 0.5) is 18.9 Å². The molecule has 0 saturated carbocycles. The molecule has 1 unspecified atom stereocenters. The molecule has 0 aromatic heterocycles. The van der Waals surface area contributed by atoms with Crippen LogP contribution in [0.3, 0.4) is 0 Å². The lowest BCUT2D eigenvalue weighted by atomic mass is 10.0. The number of ether oxygens (including phenoxy) is 1. The topological polar surface area (TPSA) is 130 Å². The summed E-state index contributed by atoms with van der Waals surface area (Å²) in [5.74, 6) is -6.24. The Bertz CT molecular complexity index is 1020. The van der Waals surface area contributed by atoms with Crippen molar-refractivity contribution in [1.82, 2.24) is 5.32 Å². The molecule has 0 heterocycles. The molecule has 8 nitrogen and oxygen atoms in total. The Morgan fingerprint density at radius 1 is 1.22 bits per heavy atom. The van der Waals surface area contributed by atoms with Gasteiger partial charge in [-0.05, 0) is 62.0 Å². The average molecular weight is 449 g/mol. The number of benzene rings is 2. The molecule has 1 amide bonds. The van der Waals surface area contributed by atoms with E-state index < -0.39 is 47.5 Å². The third-order valence-corrected chi connectivity index (χ3v) is 4.57. The minimum Gasteiger partial charge on any atom is -0.480 e. The van der Waals surface area contributed by atoms with Gasteiger partial charge in [-0.15, -0.1) is 0 Å². The van der Waals surface area contributed by atoms with Crippen LogP contribution in [0.25, 0.3) is 10.4 Å². The lowest BCUT2D eigenvalue weighted by molar-refractivity contribution is -0.123. The molecule has 0 aliphatic heterocycles. The van der Waals surface area contributed by atoms with Crippen LogP contribution in [0.15, 0.2) is 35.4 Å². The molecule has 2 aromatic carbocycles. The summed E-state index contributed by atoms with van der Waals surface area (Å²) >= 11 is 0. The fourth-order valence-electron chi connectivity index (χ4n) is 2.88. The maximum absolute atomic E-state index is 14.1. The molecule has 3 N–H and O–H groups in total. The number of carbonyl (C=O) groups is 2. The van der Waals surface area contributed by atoms with Crippen LogP contribution in [-0.2, 0) is 4.79 Å². The molecule has 0 fully saturated rings. The second-order valence-electron chi connectivity index (χ2n) is 6.94. The first-order valence-electron chi connectivity index (χ1n) is 9.74. The Balaban J connectivity index is 2.16. The molecule has 1 atom stereocenters. The maximum Gasteiger partial charge on any atom is 0.251 e. The summed E-state index contributed by atoms with van der Waals surface area (Å²) in [6.45, 7) is 0.814. The predicted molar refractivity (Wildman–Crippen MR) is 111 cm³/mol. The van der Waals surface area contributed by atoms with E-state index in [4.69, 9.17) is 16.0 Å². The highest BCUT2D eigenvalue weighted by atomic mass is 19.2. The summed E-state index contributed by atoms with van der Waals surface area (Å²) in [7, 11) is 0. The van der Waals surface area contributed by atoms with Gasteiger partial charge in [-0.25, -0.2) is 8.78 Å². The largest absolute Gasteiger partial charge is 0.480 e. The van der Waals surface area contributed by atoms with E-state index in [0.29, 0.717) is 25.5 Å². The van der Waals surface area contributed by atoms with Gasteiger partial charge in [-0.1, -0.05) is 17.2 Å². The van der Waals surface area contributed by atoms with Crippen molar-refractivity contribution >= 4 is 17.4 Å². The summed E-state index contributed by atoms with van der Waals surface area (Å²) in [4.78, 5) is 27.9. The van der Waals surface area contributed by atoms with Crippen molar-refractivity contribution in [1.29, 1.82) is 0 Å². The fraction of sp³-hybridized carbons (Fsp3) is 0.333. The summed E-state index contributed by atoms with van der Waals surface area (Å²) in [6.07, 6.45) is 1.28. The molecule has 0 spiro atoms. The van der Waals surface area contributed by atoms with Gasteiger partial charge in [0.05, 0.1) is 6.04 Å². The van der Waals surface area contributed by atoms with Crippen molar-refractivity contribution in [2.75, 3.05) is 13.2 Å². The summed E-state index contributed by atoms with van der Waals surface area (Å²) in [5.41, 5.74) is 14.2. The Kier molecular flexibility index (Phi) is 9.06. The van der Waals surface area contributed by atoms with Gasteiger partial charge < -0.3 is 15.8 Å². The van der Waals surface area contributed by atoms with E-state index >= 15 is 0 Å². The zero-order valence-corrected chi connectivity index (χ0v) is 17.3. The number of halogens is 3. The number of unbranched alkanes of at least 4 members (excludes halogenated alkanes) is 1. The van der Waals surface area contributed by atoms with Crippen LogP contribution >= 0.6 is 0 Å². The van der Waals surface area contributed by atoms with E-state index in [2.05, 4.69) is 15.3 Å². The molecule has 0 radical (unpaired) electrons. The van der Waals surface area contributed by atoms with E-state index in [-0.39, 0.29) is 23.2 Å². The molecule has 32 heavy (non-hydrogen) atoms. The Morgan fingerprint density at radius 3 is 2.66 bits per heavy atom. The highest BCUT2D eigenvalue weighted by Gasteiger charge is 2.24. The van der Waals surface area contributed by atoms with Gasteiger partial charge in [-0.2, -0.15) is 4.39 Å². The number of rotatable bonds is 11. The normalized spacial score (nSPS) is 11.4. The van der Waals surface area contributed by atoms with Crippen molar-refractivity contribution in [3.63, 3.8) is 0 Å².